The minimum absolute atomic E-state index is 0.118. The van der Waals surface area contributed by atoms with E-state index in [0.717, 1.165) is 11.3 Å². The molecule has 0 aromatic heterocycles. The van der Waals surface area contributed by atoms with Gasteiger partial charge in [-0.3, -0.25) is 0 Å². The largest absolute Gasteiger partial charge is 0.493 e. The van der Waals surface area contributed by atoms with Gasteiger partial charge in [-0.25, -0.2) is 0 Å². The van der Waals surface area contributed by atoms with Crippen molar-refractivity contribution in [2.75, 3.05) is 25.7 Å². The van der Waals surface area contributed by atoms with E-state index >= 15 is 0 Å². The van der Waals surface area contributed by atoms with E-state index in [0.29, 0.717) is 12.4 Å². The molecule has 5 heteroatoms. The van der Waals surface area contributed by atoms with E-state index in [2.05, 4.69) is 26.0 Å². The van der Waals surface area contributed by atoms with Gasteiger partial charge in [0.25, 0.3) is 0 Å². The third-order valence-corrected chi connectivity index (χ3v) is 4.97. The molecule has 0 amide bonds. The molecule has 0 radical (unpaired) electrons. The molecule has 0 unspecified atom stereocenters. The lowest BCUT2D eigenvalue weighted by Crippen LogP contribution is -2.20. The number of benzene rings is 2. The van der Waals surface area contributed by atoms with Crippen LogP contribution in [0.2, 0.25) is 0 Å². The monoisotopic (exact) mass is 392 g/mol. The highest BCUT2D eigenvalue weighted by atomic mass is 35.5. The van der Waals surface area contributed by atoms with Gasteiger partial charge < -0.3 is 19.7 Å². The van der Waals surface area contributed by atoms with Gasteiger partial charge in [0.1, 0.15) is 24.2 Å². The van der Waals surface area contributed by atoms with Crippen molar-refractivity contribution in [3.63, 3.8) is 0 Å². The highest BCUT2D eigenvalue weighted by Crippen LogP contribution is 2.33. The summed E-state index contributed by atoms with van der Waals surface area (Å²) in [6.07, 6.45) is -0.663. The maximum atomic E-state index is 9.48. The Morgan fingerprint density at radius 3 is 1.74 bits per heavy atom. The molecular formula is C22H29ClO4. The molecule has 0 bridgehead atoms. The van der Waals surface area contributed by atoms with Crippen LogP contribution in [0.3, 0.4) is 0 Å². The fourth-order valence-corrected chi connectivity index (χ4v) is 2.72. The number of alkyl halides is 1. The SMILES string of the molecule is C[C@H](CO)COc1ccc(C(C)(C)c2ccc(OC[C@H](O)CCl)cc2)cc1. The molecule has 0 aliphatic carbocycles. The number of hydrogen-bond donors (Lipinski definition) is 2. The van der Waals surface area contributed by atoms with E-state index < -0.39 is 6.10 Å². The van der Waals surface area contributed by atoms with Gasteiger partial charge in [0.2, 0.25) is 0 Å². The molecule has 0 saturated carbocycles. The first-order valence-corrected chi connectivity index (χ1v) is 9.71. The number of aliphatic hydroxyl groups is 2. The average molecular weight is 393 g/mol. The van der Waals surface area contributed by atoms with Crippen LogP contribution in [-0.2, 0) is 5.41 Å². The number of aliphatic hydroxyl groups excluding tert-OH is 2. The molecule has 0 fully saturated rings. The average Bonchev–Trinajstić information content (AvgIpc) is 2.70. The Bertz CT molecular complexity index is 623. The molecule has 2 aromatic carbocycles. The van der Waals surface area contributed by atoms with Crippen molar-refractivity contribution in [3.8, 4) is 11.5 Å². The summed E-state index contributed by atoms with van der Waals surface area (Å²) >= 11 is 5.57. The normalized spacial score (nSPS) is 13.9. The van der Waals surface area contributed by atoms with Crippen molar-refractivity contribution >= 4 is 11.6 Å². The second kappa shape index (κ2) is 9.98. The van der Waals surface area contributed by atoms with Crippen molar-refractivity contribution in [3.05, 3.63) is 59.7 Å². The topological polar surface area (TPSA) is 58.9 Å². The first kappa shape index (κ1) is 21.5. The smallest absolute Gasteiger partial charge is 0.119 e. The molecule has 0 aliphatic heterocycles. The zero-order chi connectivity index (χ0) is 19.9. The highest BCUT2D eigenvalue weighted by Gasteiger charge is 2.23. The lowest BCUT2D eigenvalue weighted by molar-refractivity contribution is 0.125. The predicted octanol–water partition coefficient (Wildman–Crippen LogP) is 4.00. The zero-order valence-electron chi connectivity index (χ0n) is 16.2. The second-order valence-corrected chi connectivity index (χ2v) is 7.70. The molecule has 0 saturated heterocycles. The minimum Gasteiger partial charge on any atom is -0.493 e. The predicted molar refractivity (Wildman–Crippen MR) is 109 cm³/mol. The van der Waals surface area contributed by atoms with E-state index in [-0.39, 0.29) is 30.4 Å². The van der Waals surface area contributed by atoms with Gasteiger partial charge >= 0.3 is 0 Å². The molecule has 27 heavy (non-hydrogen) atoms. The summed E-state index contributed by atoms with van der Waals surface area (Å²) in [5.41, 5.74) is 2.16. The molecule has 2 N–H and O–H groups in total. The van der Waals surface area contributed by atoms with Gasteiger partial charge in [0.15, 0.2) is 0 Å². The maximum absolute atomic E-state index is 9.48. The fourth-order valence-electron chi connectivity index (χ4n) is 2.63. The Hall–Kier alpha value is -1.75. The van der Waals surface area contributed by atoms with Gasteiger partial charge in [-0.15, -0.1) is 11.6 Å². The van der Waals surface area contributed by atoms with E-state index in [1.807, 2.05) is 43.3 Å². The maximum Gasteiger partial charge on any atom is 0.119 e. The number of halogens is 1. The van der Waals surface area contributed by atoms with Crippen LogP contribution >= 0.6 is 11.6 Å². The summed E-state index contributed by atoms with van der Waals surface area (Å²) in [6.45, 7) is 7.09. The Kier molecular flexibility index (Phi) is 7.96. The first-order chi connectivity index (χ1) is 12.9. The third kappa shape index (κ3) is 6.13. The summed E-state index contributed by atoms with van der Waals surface area (Å²) in [7, 11) is 0. The Balaban J connectivity index is 2.04. The van der Waals surface area contributed by atoms with Crippen molar-refractivity contribution in [1.29, 1.82) is 0 Å². The number of rotatable bonds is 10. The van der Waals surface area contributed by atoms with Crippen LogP contribution in [0.5, 0.6) is 11.5 Å². The minimum atomic E-state index is -0.663. The van der Waals surface area contributed by atoms with Crippen LogP contribution in [0.1, 0.15) is 31.9 Å². The number of ether oxygens (including phenoxy) is 2. The van der Waals surface area contributed by atoms with Crippen LogP contribution in [0.25, 0.3) is 0 Å². The Labute approximate surface area is 166 Å². The summed E-state index contributed by atoms with van der Waals surface area (Å²) < 4.78 is 11.2. The van der Waals surface area contributed by atoms with Crippen LogP contribution in [-0.4, -0.2) is 42.0 Å². The fraction of sp³-hybridized carbons (Fsp3) is 0.455. The molecule has 0 spiro atoms. The van der Waals surface area contributed by atoms with Gasteiger partial charge in [-0.2, -0.15) is 0 Å². The van der Waals surface area contributed by atoms with E-state index in [9.17, 15) is 5.11 Å². The lowest BCUT2D eigenvalue weighted by Gasteiger charge is -2.26. The molecule has 2 aromatic rings. The van der Waals surface area contributed by atoms with Crippen LogP contribution in [0, 0.1) is 5.92 Å². The van der Waals surface area contributed by atoms with Gasteiger partial charge in [-0.05, 0) is 35.4 Å². The Morgan fingerprint density at radius 2 is 1.33 bits per heavy atom. The summed E-state index contributed by atoms with van der Waals surface area (Å²) in [5.74, 6) is 1.79. The molecule has 2 rings (SSSR count). The molecule has 2 atom stereocenters. The van der Waals surface area contributed by atoms with Crippen LogP contribution in [0.15, 0.2) is 48.5 Å². The number of hydrogen-bond acceptors (Lipinski definition) is 4. The quantitative estimate of drug-likeness (QED) is 0.600. The molecule has 4 nitrogen and oxygen atoms in total. The Morgan fingerprint density at radius 1 is 0.889 bits per heavy atom. The summed E-state index contributed by atoms with van der Waals surface area (Å²) in [5, 5.41) is 18.6. The van der Waals surface area contributed by atoms with Crippen molar-refractivity contribution in [2.24, 2.45) is 5.92 Å². The van der Waals surface area contributed by atoms with E-state index in [4.69, 9.17) is 26.2 Å². The first-order valence-electron chi connectivity index (χ1n) is 9.18. The summed E-state index contributed by atoms with van der Waals surface area (Å²) in [4.78, 5) is 0. The van der Waals surface area contributed by atoms with E-state index in [1.54, 1.807) is 0 Å². The molecule has 0 heterocycles. The molecular weight excluding hydrogens is 364 g/mol. The highest BCUT2D eigenvalue weighted by molar-refractivity contribution is 6.18. The van der Waals surface area contributed by atoms with Crippen molar-refractivity contribution < 1.29 is 19.7 Å². The van der Waals surface area contributed by atoms with Gasteiger partial charge in [0, 0.05) is 17.9 Å². The molecule has 148 valence electrons. The van der Waals surface area contributed by atoms with Crippen LogP contribution in [0.4, 0.5) is 0 Å². The molecule has 0 aliphatic rings. The summed E-state index contributed by atoms with van der Waals surface area (Å²) in [6, 6.07) is 16.0. The zero-order valence-corrected chi connectivity index (χ0v) is 16.9. The standard InChI is InChI=1S/C22H29ClO4/c1-16(13-24)14-26-20-8-4-17(5-9-20)22(2,3)18-6-10-21(11-7-18)27-15-19(25)12-23/h4-11,16,19,24-25H,12-15H2,1-3H3/t16-,19-/m1/s1. The van der Waals surface area contributed by atoms with Crippen LogP contribution < -0.4 is 9.47 Å². The van der Waals surface area contributed by atoms with Crippen molar-refractivity contribution in [1.82, 2.24) is 0 Å². The van der Waals surface area contributed by atoms with Crippen molar-refractivity contribution in [2.45, 2.75) is 32.3 Å². The lowest BCUT2D eigenvalue weighted by atomic mass is 9.78. The third-order valence-electron chi connectivity index (χ3n) is 4.62. The van der Waals surface area contributed by atoms with Gasteiger partial charge in [0.05, 0.1) is 12.5 Å². The van der Waals surface area contributed by atoms with E-state index in [1.165, 1.54) is 5.56 Å². The van der Waals surface area contributed by atoms with Gasteiger partial charge in [-0.1, -0.05) is 45.0 Å². The second-order valence-electron chi connectivity index (χ2n) is 7.39.